The van der Waals surface area contributed by atoms with Crippen LogP contribution in [0.15, 0.2) is 59.6 Å². The van der Waals surface area contributed by atoms with Crippen molar-refractivity contribution in [1.82, 2.24) is 15.5 Å². The van der Waals surface area contributed by atoms with Gasteiger partial charge >= 0.3 is 0 Å². The highest BCUT2D eigenvalue weighted by molar-refractivity contribution is 5.79. The molecule has 0 aromatic heterocycles. The summed E-state index contributed by atoms with van der Waals surface area (Å²) in [6.07, 6.45) is 1.06. The second-order valence-electron chi connectivity index (χ2n) is 6.28. The summed E-state index contributed by atoms with van der Waals surface area (Å²) in [6, 6.07) is 18.6. The fourth-order valence-corrected chi connectivity index (χ4v) is 2.72. The summed E-state index contributed by atoms with van der Waals surface area (Å²) in [5.74, 6) is 1.69. The molecule has 0 fully saturated rings. The zero-order valence-electron chi connectivity index (χ0n) is 16.0. The third-order valence-electron chi connectivity index (χ3n) is 4.12. The number of hydrogen-bond donors (Lipinski definition) is 2. The van der Waals surface area contributed by atoms with Gasteiger partial charge in [-0.15, -0.1) is 0 Å². The Labute approximate surface area is 157 Å². The lowest BCUT2D eigenvalue weighted by atomic mass is 10.2. The maximum atomic E-state index is 5.25. The van der Waals surface area contributed by atoms with Gasteiger partial charge in [0.15, 0.2) is 5.96 Å². The number of benzene rings is 2. The molecule has 26 heavy (non-hydrogen) atoms. The molecule has 5 heteroatoms. The third kappa shape index (κ3) is 7.15. The topological polar surface area (TPSA) is 48.9 Å². The quantitative estimate of drug-likeness (QED) is 0.413. The van der Waals surface area contributed by atoms with Crippen LogP contribution in [0.1, 0.15) is 17.5 Å². The van der Waals surface area contributed by atoms with Crippen molar-refractivity contribution in [3.05, 3.63) is 65.7 Å². The van der Waals surface area contributed by atoms with E-state index in [0.29, 0.717) is 6.54 Å². The maximum Gasteiger partial charge on any atom is 0.191 e. The summed E-state index contributed by atoms with van der Waals surface area (Å²) in [7, 11) is 5.63. The van der Waals surface area contributed by atoms with Crippen molar-refractivity contribution in [2.45, 2.75) is 19.5 Å². The van der Waals surface area contributed by atoms with Crippen LogP contribution in [0.3, 0.4) is 0 Å². The molecule has 5 nitrogen and oxygen atoms in total. The maximum absolute atomic E-state index is 5.25. The van der Waals surface area contributed by atoms with E-state index in [9.17, 15) is 0 Å². The minimum absolute atomic E-state index is 0.713. The van der Waals surface area contributed by atoms with Crippen LogP contribution in [0.25, 0.3) is 0 Å². The van der Waals surface area contributed by atoms with E-state index in [0.717, 1.165) is 43.3 Å². The van der Waals surface area contributed by atoms with Gasteiger partial charge in [-0.2, -0.15) is 0 Å². The fraction of sp³-hybridized carbons (Fsp3) is 0.381. The van der Waals surface area contributed by atoms with Crippen molar-refractivity contribution in [3.8, 4) is 5.75 Å². The Kier molecular flexibility index (Phi) is 8.49. The van der Waals surface area contributed by atoms with E-state index in [1.807, 2.05) is 18.2 Å². The summed E-state index contributed by atoms with van der Waals surface area (Å²) < 4.78 is 5.25. The molecule has 0 bridgehead atoms. The molecule has 0 amide bonds. The molecule has 2 N–H and O–H groups in total. The lowest BCUT2D eigenvalue weighted by molar-refractivity contribution is 0.322. The van der Waals surface area contributed by atoms with Crippen molar-refractivity contribution in [2.24, 2.45) is 4.99 Å². The van der Waals surface area contributed by atoms with Gasteiger partial charge in [0.25, 0.3) is 0 Å². The van der Waals surface area contributed by atoms with Gasteiger partial charge in [-0.3, -0.25) is 4.99 Å². The first-order valence-electron chi connectivity index (χ1n) is 9.01. The number of hydrogen-bond acceptors (Lipinski definition) is 3. The minimum atomic E-state index is 0.713. The SMILES string of the molecule is CN=C(NCCCN(C)Cc1ccccc1)NCc1cccc(OC)c1. The van der Waals surface area contributed by atoms with Crippen LogP contribution >= 0.6 is 0 Å². The molecule has 2 rings (SSSR count). The first-order valence-corrected chi connectivity index (χ1v) is 9.01. The smallest absolute Gasteiger partial charge is 0.191 e. The predicted molar refractivity (Wildman–Crippen MR) is 109 cm³/mol. The first-order chi connectivity index (χ1) is 12.7. The van der Waals surface area contributed by atoms with Crippen molar-refractivity contribution < 1.29 is 4.74 Å². The van der Waals surface area contributed by atoms with E-state index in [2.05, 4.69) is 64.0 Å². The highest BCUT2D eigenvalue weighted by Gasteiger charge is 2.02. The minimum Gasteiger partial charge on any atom is -0.497 e. The molecule has 2 aromatic carbocycles. The van der Waals surface area contributed by atoms with Crippen molar-refractivity contribution >= 4 is 5.96 Å². The van der Waals surface area contributed by atoms with E-state index in [1.165, 1.54) is 5.56 Å². The number of rotatable bonds is 9. The summed E-state index contributed by atoms with van der Waals surface area (Å²) >= 11 is 0. The average Bonchev–Trinajstić information content (AvgIpc) is 2.68. The van der Waals surface area contributed by atoms with E-state index in [1.54, 1.807) is 14.2 Å². The highest BCUT2D eigenvalue weighted by Crippen LogP contribution is 2.12. The molecular formula is C21H30N4O. The van der Waals surface area contributed by atoms with Gasteiger partial charge in [0.2, 0.25) is 0 Å². The van der Waals surface area contributed by atoms with Crippen molar-refractivity contribution in [1.29, 1.82) is 0 Å². The normalized spacial score (nSPS) is 11.5. The van der Waals surface area contributed by atoms with Gasteiger partial charge in [-0.05, 0) is 43.3 Å². The van der Waals surface area contributed by atoms with Crippen LogP contribution in [0.4, 0.5) is 0 Å². The molecule has 0 saturated heterocycles. The summed E-state index contributed by atoms with van der Waals surface area (Å²) in [4.78, 5) is 6.62. The van der Waals surface area contributed by atoms with Gasteiger partial charge < -0.3 is 20.3 Å². The Morgan fingerprint density at radius 3 is 2.54 bits per heavy atom. The zero-order chi connectivity index (χ0) is 18.6. The number of aliphatic imine (C=N–C) groups is 1. The van der Waals surface area contributed by atoms with Crippen LogP contribution < -0.4 is 15.4 Å². The molecule has 140 valence electrons. The summed E-state index contributed by atoms with van der Waals surface area (Å²) in [5.41, 5.74) is 2.51. The molecule has 0 radical (unpaired) electrons. The van der Waals surface area contributed by atoms with E-state index in [-0.39, 0.29) is 0 Å². The number of nitrogens with one attached hydrogen (secondary N) is 2. The second kappa shape index (κ2) is 11.2. The summed E-state index contributed by atoms with van der Waals surface area (Å²) in [5, 5.41) is 6.70. The Hall–Kier alpha value is -2.53. The molecule has 0 atom stereocenters. The van der Waals surface area contributed by atoms with Crippen LogP contribution in [0.2, 0.25) is 0 Å². The molecule has 0 aliphatic heterocycles. The molecule has 0 saturated carbocycles. The zero-order valence-corrected chi connectivity index (χ0v) is 16.0. The Morgan fingerprint density at radius 1 is 1.04 bits per heavy atom. The molecular weight excluding hydrogens is 324 g/mol. The van der Waals surface area contributed by atoms with Crippen molar-refractivity contribution in [3.63, 3.8) is 0 Å². The van der Waals surface area contributed by atoms with Gasteiger partial charge in [0.05, 0.1) is 7.11 Å². The summed E-state index contributed by atoms with van der Waals surface area (Å²) in [6.45, 7) is 3.61. The third-order valence-corrected chi connectivity index (χ3v) is 4.12. The first kappa shape index (κ1) is 19.8. The largest absolute Gasteiger partial charge is 0.497 e. The Balaban J connectivity index is 1.65. The molecule has 0 spiro atoms. The number of methoxy groups -OCH3 is 1. The number of ether oxygens (including phenoxy) is 1. The molecule has 0 aliphatic carbocycles. The van der Waals surface area contributed by atoms with Gasteiger partial charge in [-0.1, -0.05) is 42.5 Å². The number of nitrogens with zero attached hydrogens (tertiary/aromatic N) is 2. The molecule has 0 unspecified atom stereocenters. The molecule has 2 aromatic rings. The molecule has 0 heterocycles. The highest BCUT2D eigenvalue weighted by atomic mass is 16.5. The van der Waals surface area contributed by atoms with Crippen LogP contribution in [-0.4, -0.2) is 45.2 Å². The molecule has 0 aliphatic rings. The van der Waals surface area contributed by atoms with Crippen LogP contribution in [0, 0.1) is 0 Å². The predicted octanol–water partition coefficient (Wildman–Crippen LogP) is 2.88. The van der Waals surface area contributed by atoms with E-state index >= 15 is 0 Å². The Morgan fingerprint density at radius 2 is 1.81 bits per heavy atom. The average molecular weight is 354 g/mol. The lowest BCUT2D eigenvalue weighted by Crippen LogP contribution is -2.38. The Bertz CT molecular complexity index is 673. The monoisotopic (exact) mass is 354 g/mol. The van der Waals surface area contributed by atoms with Gasteiger partial charge in [0.1, 0.15) is 5.75 Å². The fourth-order valence-electron chi connectivity index (χ4n) is 2.72. The van der Waals surface area contributed by atoms with E-state index in [4.69, 9.17) is 4.74 Å². The standard InChI is InChI=1S/C21H30N4O/c1-22-21(24-16-19-11-7-12-20(15-19)26-3)23-13-8-14-25(2)17-18-9-5-4-6-10-18/h4-7,9-12,15H,8,13-14,16-17H2,1-3H3,(H2,22,23,24). The van der Waals surface area contributed by atoms with E-state index < -0.39 is 0 Å². The second-order valence-corrected chi connectivity index (χ2v) is 6.28. The lowest BCUT2D eigenvalue weighted by Gasteiger charge is -2.17. The van der Waals surface area contributed by atoms with Gasteiger partial charge in [0, 0.05) is 26.7 Å². The number of guanidine groups is 1. The van der Waals surface area contributed by atoms with Gasteiger partial charge in [-0.25, -0.2) is 0 Å². The van der Waals surface area contributed by atoms with Crippen LogP contribution in [0.5, 0.6) is 5.75 Å². The van der Waals surface area contributed by atoms with Crippen LogP contribution in [-0.2, 0) is 13.1 Å². The van der Waals surface area contributed by atoms with Crippen molar-refractivity contribution in [2.75, 3.05) is 34.3 Å².